The summed E-state index contributed by atoms with van der Waals surface area (Å²) in [5.41, 5.74) is 12.6. The Kier molecular flexibility index (Phi) is 5.44. The minimum atomic E-state index is -0.0824. The second kappa shape index (κ2) is 9.35. The zero-order chi connectivity index (χ0) is 28.3. The molecule has 8 rings (SSSR count). The Morgan fingerprint density at radius 2 is 1.21 bits per heavy atom. The molecule has 0 N–H and O–H groups in total. The monoisotopic (exact) mass is 543 g/mol. The van der Waals surface area contributed by atoms with Crippen LogP contribution in [0.25, 0.3) is 39.5 Å². The standard InChI is InChI=1S/C38H29N3O/c1-38(2)33-16-10-9-15-31(33)32-22-19-27(25-34(32)38)35-36(40-23-24-42-37(40)39-35)26-17-20-30(21-18-26)41(28-11-5-3-6-12-28)29-13-7-4-8-14-29/h3-25H,1-2H3. The molecule has 0 bridgehead atoms. The molecule has 2 aromatic heterocycles. The Bertz CT molecular complexity index is 2010. The topological polar surface area (TPSA) is 33.7 Å². The first-order chi connectivity index (χ1) is 20.6. The number of imidazole rings is 1. The summed E-state index contributed by atoms with van der Waals surface area (Å²) in [6.45, 7) is 4.62. The minimum Gasteiger partial charge on any atom is -0.432 e. The van der Waals surface area contributed by atoms with Crippen LogP contribution in [-0.2, 0) is 5.41 Å². The average molecular weight is 544 g/mol. The van der Waals surface area contributed by atoms with Gasteiger partial charge in [0.25, 0.3) is 0 Å². The van der Waals surface area contributed by atoms with Crippen LogP contribution in [-0.4, -0.2) is 9.38 Å². The van der Waals surface area contributed by atoms with Crippen molar-refractivity contribution in [2.75, 3.05) is 4.90 Å². The molecule has 0 amide bonds. The van der Waals surface area contributed by atoms with Gasteiger partial charge in [0.2, 0.25) is 0 Å². The first kappa shape index (κ1) is 24.4. The van der Waals surface area contributed by atoms with Crippen molar-refractivity contribution in [1.82, 2.24) is 9.38 Å². The Hall–Kier alpha value is -5.35. The summed E-state index contributed by atoms with van der Waals surface area (Å²) in [6.07, 6.45) is 3.64. The lowest BCUT2D eigenvalue weighted by atomic mass is 9.82. The van der Waals surface area contributed by atoms with E-state index in [9.17, 15) is 0 Å². The van der Waals surface area contributed by atoms with Crippen molar-refractivity contribution in [1.29, 1.82) is 0 Å². The van der Waals surface area contributed by atoms with Gasteiger partial charge in [0.15, 0.2) is 0 Å². The molecule has 0 saturated heterocycles. The molecule has 5 aromatic carbocycles. The Labute approximate surface area is 245 Å². The van der Waals surface area contributed by atoms with Gasteiger partial charge in [-0.05, 0) is 64.7 Å². The van der Waals surface area contributed by atoms with Gasteiger partial charge in [-0.3, -0.25) is 4.40 Å². The highest BCUT2D eigenvalue weighted by molar-refractivity contribution is 5.87. The minimum absolute atomic E-state index is 0.0824. The summed E-state index contributed by atoms with van der Waals surface area (Å²) >= 11 is 0. The van der Waals surface area contributed by atoms with Crippen molar-refractivity contribution < 1.29 is 4.42 Å². The zero-order valence-electron chi connectivity index (χ0n) is 23.5. The normalized spacial score (nSPS) is 13.2. The number of para-hydroxylation sites is 2. The molecule has 4 nitrogen and oxygen atoms in total. The Balaban J connectivity index is 1.24. The summed E-state index contributed by atoms with van der Waals surface area (Å²) in [6, 6.07) is 45.2. The molecule has 0 unspecified atom stereocenters. The molecule has 1 aliphatic carbocycles. The number of benzene rings is 5. The van der Waals surface area contributed by atoms with Crippen LogP contribution in [0.1, 0.15) is 25.0 Å². The number of anilines is 3. The van der Waals surface area contributed by atoms with Crippen molar-refractivity contribution in [2.45, 2.75) is 19.3 Å². The maximum absolute atomic E-state index is 5.79. The predicted octanol–water partition coefficient (Wildman–Crippen LogP) is 10.0. The second-order valence-electron chi connectivity index (χ2n) is 11.3. The molecule has 2 heterocycles. The molecule has 1 aliphatic rings. The van der Waals surface area contributed by atoms with Crippen LogP contribution in [0.4, 0.5) is 17.1 Å². The van der Waals surface area contributed by atoms with Crippen molar-refractivity contribution in [3.05, 3.63) is 151 Å². The molecule has 0 atom stereocenters. The molecule has 0 saturated carbocycles. The Morgan fingerprint density at radius 3 is 1.93 bits per heavy atom. The van der Waals surface area contributed by atoms with Crippen molar-refractivity contribution in [3.8, 4) is 33.6 Å². The van der Waals surface area contributed by atoms with Gasteiger partial charge in [0.1, 0.15) is 12.0 Å². The quantitative estimate of drug-likeness (QED) is 0.217. The maximum atomic E-state index is 5.79. The van der Waals surface area contributed by atoms with Gasteiger partial charge in [0.05, 0.1) is 5.69 Å². The summed E-state index contributed by atoms with van der Waals surface area (Å²) in [5.74, 6) is 0.585. The van der Waals surface area contributed by atoms with E-state index in [2.05, 4.69) is 134 Å². The Morgan fingerprint density at radius 1 is 0.619 bits per heavy atom. The molecule has 7 aromatic rings. The molecular formula is C38H29N3O. The summed E-state index contributed by atoms with van der Waals surface area (Å²) < 4.78 is 7.83. The van der Waals surface area contributed by atoms with Crippen molar-refractivity contribution in [2.24, 2.45) is 0 Å². The SMILES string of the molecule is CC1(C)c2ccccc2-c2ccc(-c3nc4occn4c3-c3ccc(N(c4ccccc4)c4ccccc4)cc3)cc21. The van der Waals surface area contributed by atoms with Crippen LogP contribution in [0.15, 0.2) is 144 Å². The maximum Gasteiger partial charge on any atom is 0.306 e. The van der Waals surface area contributed by atoms with E-state index in [1.54, 1.807) is 6.26 Å². The smallest absolute Gasteiger partial charge is 0.306 e. The number of fused-ring (bicyclic) bond motifs is 4. The molecular weight excluding hydrogens is 514 g/mol. The summed E-state index contributed by atoms with van der Waals surface area (Å²) in [5, 5.41) is 0. The van der Waals surface area contributed by atoms with E-state index in [0.717, 1.165) is 39.6 Å². The van der Waals surface area contributed by atoms with Crippen molar-refractivity contribution in [3.63, 3.8) is 0 Å². The fraction of sp³-hybridized carbons (Fsp3) is 0.0789. The number of nitrogens with zero attached hydrogens (tertiary/aromatic N) is 3. The van der Waals surface area contributed by atoms with Crippen LogP contribution in [0.5, 0.6) is 0 Å². The molecule has 0 radical (unpaired) electrons. The van der Waals surface area contributed by atoms with E-state index in [4.69, 9.17) is 9.40 Å². The van der Waals surface area contributed by atoms with E-state index < -0.39 is 0 Å². The zero-order valence-corrected chi connectivity index (χ0v) is 23.5. The third-order valence-corrected chi connectivity index (χ3v) is 8.55. The lowest BCUT2D eigenvalue weighted by molar-refractivity contribution is 0.596. The fourth-order valence-electron chi connectivity index (χ4n) is 6.48. The highest BCUT2D eigenvalue weighted by Gasteiger charge is 2.35. The van der Waals surface area contributed by atoms with Crippen LogP contribution < -0.4 is 4.90 Å². The van der Waals surface area contributed by atoms with Crippen LogP contribution in [0, 0.1) is 0 Å². The molecule has 202 valence electrons. The molecule has 4 heteroatoms. The number of rotatable bonds is 5. The lowest BCUT2D eigenvalue weighted by Gasteiger charge is -2.25. The number of oxazole rings is 1. The summed E-state index contributed by atoms with van der Waals surface area (Å²) in [4.78, 5) is 7.25. The predicted molar refractivity (Wildman–Crippen MR) is 171 cm³/mol. The van der Waals surface area contributed by atoms with Gasteiger partial charge in [-0.25, -0.2) is 0 Å². The van der Waals surface area contributed by atoms with Gasteiger partial charge in [-0.1, -0.05) is 98.8 Å². The van der Waals surface area contributed by atoms with Gasteiger partial charge in [-0.2, -0.15) is 4.98 Å². The number of hydrogen-bond acceptors (Lipinski definition) is 3. The van der Waals surface area contributed by atoms with E-state index >= 15 is 0 Å². The van der Waals surface area contributed by atoms with Gasteiger partial charge < -0.3 is 9.32 Å². The largest absolute Gasteiger partial charge is 0.432 e. The van der Waals surface area contributed by atoms with E-state index in [1.165, 1.54) is 22.3 Å². The molecule has 0 spiro atoms. The van der Waals surface area contributed by atoms with Gasteiger partial charge in [-0.15, -0.1) is 0 Å². The third-order valence-electron chi connectivity index (χ3n) is 8.55. The first-order valence-electron chi connectivity index (χ1n) is 14.3. The highest BCUT2D eigenvalue weighted by Crippen LogP contribution is 2.50. The van der Waals surface area contributed by atoms with E-state index in [1.807, 2.05) is 22.7 Å². The first-order valence-corrected chi connectivity index (χ1v) is 14.3. The molecule has 0 aliphatic heterocycles. The van der Waals surface area contributed by atoms with Crippen LogP contribution in [0.3, 0.4) is 0 Å². The van der Waals surface area contributed by atoms with E-state index in [0.29, 0.717) is 5.84 Å². The van der Waals surface area contributed by atoms with Gasteiger partial charge in [0, 0.05) is 39.8 Å². The third kappa shape index (κ3) is 3.72. The van der Waals surface area contributed by atoms with Gasteiger partial charge >= 0.3 is 5.84 Å². The van der Waals surface area contributed by atoms with Crippen LogP contribution in [0.2, 0.25) is 0 Å². The number of aromatic nitrogens is 2. The van der Waals surface area contributed by atoms with Crippen LogP contribution >= 0.6 is 0 Å². The van der Waals surface area contributed by atoms with E-state index in [-0.39, 0.29) is 5.41 Å². The van der Waals surface area contributed by atoms with Crippen molar-refractivity contribution >= 4 is 22.9 Å². The number of hydrogen-bond donors (Lipinski definition) is 0. The highest BCUT2D eigenvalue weighted by atomic mass is 16.3. The lowest BCUT2D eigenvalue weighted by Crippen LogP contribution is -2.14. The molecule has 42 heavy (non-hydrogen) atoms. The second-order valence-corrected chi connectivity index (χ2v) is 11.3. The molecule has 0 fully saturated rings. The summed E-state index contributed by atoms with van der Waals surface area (Å²) in [7, 11) is 0. The fourth-order valence-corrected chi connectivity index (χ4v) is 6.48. The average Bonchev–Trinajstić information content (AvgIpc) is 3.70.